The quantitative estimate of drug-likeness (QED) is 0.879. The SMILES string of the molecule is Cc1cc(C)c(C)c(OCc2nc(C(N)=S)cs2)c1. The average molecular weight is 292 g/mol. The van der Waals surface area contributed by atoms with Crippen LogP contribution in [0.3, 0.4) is 0 Å². The van der Waals surface area contributed by atoms with Gasteiger partial charge in [-0.3, -0.25) is 0 Å². The number of aryl methyl sites for hydroxylation is 2. The van der Waals surface area contributed by atoms with Crippen LogP contribution in [0.5, 0.6) is 5.75 Å². The molecule has 5 heteroatoms. The number of nitrogens with two attached hydrogens (primary N) is 1. The van der Waals surface area contributed by atoms with Gasteiger partial charge in [-0.2, -0.15) is 0 Å². The number of ether oxygens (including phenoxy) is 1. The molecule has 0 atom stereocenters. The number of aromatic nitrogens is 1. The van der Waals surface area contributed by atoms with E-state index >= 15 is 0 Å². The maximum absolute atomic E-state index is 5.84. The van der Waals surface area contributed by atoms with Crippen LogP contribution in [0.4, 0.5) is 0 Å². The molecule has 2 rings (SSSR count). The Morgan fingerprint density at radius 2 is 2.11 bits per heavy atom. The third-order valence-electron chi connectivity index (χ3n) is 2.92. The fraction of sp³-hybridized carbons (Fsp3) is 0.286. The molecule has 0 aliphatic rings. The normalized spacial score (nSPS) is 10.5. The number of benzene rings is 1. The van der Waals surface area contributed by atoms with E-state index in [-0.39, 0.29) is 0 Å². The summed E-state index contributed by atoms with van der Waals surface area (Å²) in [5.41, 5.74) is 9.79. The zero-order valence-corrected chi connectivity index (χ0v) is 12.8. The fourth-order valence-corrected chi connectivity index (χ4v) is 2.67. The molecule has 1 aromatic heterocycles. The van der Waals surface area contributed by atoms with Crippen molar-refractivity contribution in [2.75, 3.05) is 0 Å². The molecule has 0 unspecified atom stereocenters. The second-order valence-corrected chi connectivity index (χ2v) is 5.87. The van der Waals surface area contributed by atoms with E-state index in [1.165, 1.54) is 22.5 Å². The van der Waals surface area contributed by atoms with Crippen molar-refractivity contribution in [2.45, 2.75) is 27.4 Å². The molecule has 1 heterocycles. The molecular weight excluding hydrogens is 276 g/mol. The number of hydrogen-bond donors (Lipinski definition) is 1. The molecule has 0 amide bonds. The maximum atomic E-state index is 5.84. The molecule has 0 aliphatic heterocycles. The van der Waals surface area contributed by atoms with E-state index < -0.39 is 0 Å². The van der Waals surface area contributed by atoms with Crippen molar-refractivity contribution < 1.29 is 4.74 Å². The van der Waals surface area contributed by atoms with Crippen LogP contribution in [0.2, 0.25) is 0 Å². The lowest BCUT2D eigenvalue weighted by Gasteiger charge is -2.11. The smallest absolute Gasteiger partial charge is 0.140 e. The van der Waals surface area contributed by atoms with Gasteiger partial charge in [-0.1, -0.05) is 18.3 Å². The van der Waals surface area contributed by atoms with Gasteiger partial charge in [-0.05, 0) is 43.5 Å². The first-order valence-electron chi connectivity index (χ1n) is 5.92. The van der Waals surface area contributed by atoms with E-state index in [1.54, 1.807) is 0 Å². The minimum absolute atomic E-state index is 0.324. The van der Waals surface area contributed by atoms with Crippen molar-refractivity contribution in [3.63, 3.8) is 0 Å². The zero-order valence-electron chi connectivity index (χ0n) is 11.2. The molecule has 0 radical (unpaired) electrons. The Kier molecular flexibility index (Phi) is 4.17. The summed E-state index contributed by atoms with van der Waals surface area (Å²) in [5, 5.41) is 2.73. The van der Waals surface area contributed by atoms with Crippen LogP contribution < -0.4 is 10.5 Å². The van der Waals surface area contributed by atoms with Crippen LogP contribution in [0.25, 0.3) is 0 Å². The summed E-state index contributed by atoms with van der Waals surface area (Å²) in [4.78, 5) is 4.65. The standard InChI is InChI=1S/C14H16N2OS2/c1-8-4-9(2)10(3)12(5-8)17-6-13-16-11(7-19-13)14(15)18/h4-5,7H,6H2,1-3H3,(H2,15,18). The maximum Gasteiger partial charge on any atom is 0.140 e. The van der Waals surface area contributed by atoms with Crippen molar-refractivity contribution >= 4 is 28.5 Å². The highest BCUT2D eigenvalue weighted by molar-refractivity contribution is 7.80. The lowest BCUT2D eigenvalue weighted by molar-refractivity contribution is 0.303. The van der Waals surface area contributed by atoms with Crippen molar-refractivity contribution in [2.24, 2.45) is 5.73 Å². The fourth-order valence-electron chi connectivity index (χ4n) is 1.78. The van der Waals surface area contributed by atoms with Gasteiger partial charge in [0.05, 0.1) is 0 Å². The number of rotatable bonds is 4. The minimum atomic E-state index is 0.324. The van der Waals surface area contributed by atoms with Crippen molar-refractivity contribution in [1.29, 1.82) is 0 Å². The predicted molar refractivity (Wildman–Crippen MR) is 83.0 cm³/mol. The predicted octanol–water partition coefficient (Wildman–Crippen LogP) is 3.28. The third kappa shape index (κ3) is 3.30. The summed E-state index contributed by atoms with van der Waals surface area (Å²) < 4.78 is 5.84. The van der Waals surface area contributed by atoms with Crippen molar-refractivity contribution in [1.82, 2.24) is 4.98 Å². The molecule has 1 aromatic carbocycles. The molecule has 0 saturated carbocycles. The summed E-state index contributed by atoms with van der Waals surface area (Å²) in [7, 11) is 0. The Morgan fingerprint density at radius 3 is 2.74 bits per heavy atom. The summed E-state index contributed by atoms with van der Waals surface area (Å²) in [6, 6.07) is 4.20. The topological polar surface area (TPSA) is 48.1 Å². The number of thiazole rings is 1. The van der Waals surface area contributed by atoms with Crippen LogP contribution in [-0.4, -0.2) is 9.97 Å². The van der Waals surface area contributed by atoms with E-state index in [9.17, 15) is 0 Å². The first kappa shape index (κ1) is 14.0. The second kappa shape index (κ2) is 5.67. The van der Waals surface area contributed by atoms with Gasteiger partial charge in [0.2, 0.25) is 0 Å². The van der Waals surface area contributed by atoms with Gasteiger partial charge in [0, 0.05) is 5.38 Å². The lowest BCUT2D eigenvalue weighted by Crippen LogP contribution is -2.10. The van der Waals surface area contributed by atoms with Gasteiger partial charge >= 0.3 is 0 Å². The Labute approximate surface area is 122 Å². The first-order chi connectivity index (χ1) is 8.97. The molecule has 0 bridgehead atoms. The molecule has 2 aromatic rings. The van der Waals surface area contributed by atoms with Crippen LogP contribution >= 0.6 is 23.6 Å². The van der Waals surface area contributed by atoms with E-state index in [2.05, 4.69) is 31.8 Å². The van der Waals surface area contributed by atoms with E-state index in [0.29, 0.717) is 17.3 Å². The number of hydrogen-bond acceptors (Lipinski definition) is 4. The monoisotopic (exact) mass is 292 g/mol. The van der Waals surface area contributed by atoms with Crippen LogP contribution in [0.15, 0.2) is 17.5 Å². The summed E-state index contributed by atoms with van der Waals surface area (Å²) in [5.74, 6) is 0.907. The Bertz CT molecular complexity index is 620. The van der Waals surface area contributed by atoms with Gasteiger partial charge in [0.15, 0.2) is 0 Å². The van der Waals surface area contributed by atoms with Crippen LogP contribution in [0.1, 0.15) is 27.4 Å². The van der Waals surface area contributed by atoms with E-state index in [0.717, 1.165) is 16.3 Å². The summed E-state index contributed by atoms with van der Waals surface area (Å²) >= 11 is 6.40. The highest BCUT2D eigenvalue weighted by atomic mass is 32.1. The molecular formula is C14H16N2OS2. The molecule has 0 saturated heterocycles. The molecule has 3 nitrogen and oxygen atoms in total. The van der Waals surface area contributed by atoms with Gasteiger partial charge in [0.1, 0.15) is 28.0 Å². The summed E-state index contributed by atoms with van der Waals surface area (Å²) in [6.45, 7) is 6.65. The van der Waals surface area contributed by atoms with Crippen molar-refractivity contribution in [3.05, 3.63) is 44.9 Å². The van der Waals surface area contributed by atoms with Crippen LogP contribution in [0, 0.1) is 20.8 Å². The van der Waals surface area contributed by atoms with Gasteiger partial charge in [-0.25, -0.2) is 4.98 Å². The van der Waals surface area contributed by atoms with Crippen molar-refractivity contribution in [3.8, 4) is 5.75 Å². The third-order valence-corrected chi connectivity index (χ3v) is 3.95. The highest BCUT2D eigenvalue weighted by Gasteiger charge is 2.07. The second-order valence-electron chi connectivity index (χ2n) is 4.48. The van der Waals surface area contributed by atoms with Gasteiger partial charge in [-0.15, -0.1) is 11.3 Å². The number of thiocarbonyl (C=S) groups is 1. The minimum Gasteiger partial charge on any atom is -0.486 e. The molecule has 2 N–H and O–H groups in total. The van der Waals surface area contributed by atoms with Gasteiger partial charge < -0.3 is 10.5 Å². The molecule has 0 spiro atoms. The lowest BCUT2D eigenvalue weighted by atomic mass is 10.1. The zero-order chi connectivity index (χ0) is 14.0. The Morgan fingerprint density at radius 1 is 1.37 bits per heavy atom. The van der Waals surface area contributed by atoms with E-state index in [1.807, 2.05) is 11.4 Å². The Balaban J connectivity index is 2.12. The highest BCUT2D eigenvalue weighted by Crippen LogP contribution is 2.24. The molecule has 0 fully saturated rings. The van der Waals surface area contributed by atoms with Gasteiger partial charge in [0.25, 0.3) is 0 Å². The number of nitrogens with zero attached hydrogens (tertiary/aromatic N) is 1. The van der Waals surface area contributed by atoms with E-state index in [4.69, 9.17) is 22.7 Å². The summed E-state index contributed by atoms with van der Waals surface area (Å²) in [6.07, 6.45) is 0. The molecule has 0 aliphatic carbocycles. The largest absolute Gasteiger partial charge is 0.486 e. The average Bonchev–Trinajstić information content (AvgIpc) is 2.81. The van der Waals surface area contributed by atoms with Crippen LogP contribution in [-0.2, 0) is 6.61 Å². The Hall–Kier alpha value is -1.46. The first-order valence-corrected chi connectivity index (χ1v) is 7.21. The molecule has 19 heavy (non-hydrogen) atoms. The molecule has 100 valence electrons.